The molecule has 19 heavy (non-hydrogen) atoms. The van der Waals surface area contributed by atoms with Gasteiger partial charge in [-0.3, -0.25) is 4.79 Å². The van der Waals surface area contributed by atoms with Gasteiger partial charge in [-0.25, -0.2) is 0 Å². The molecule has 1 heterocycles. The molecule has 0 aromatic heterocycles. The number of piperazine rings is 1. The van der Waals surface area contributed by atoms with E-state index in [1.807, 2.05) is 11.0 Å². The van der Waals surface area contributed by atoms with E-state index in [4.69, 9.17) is 17.3 Å². The zero-order valence-corrected chi connectivity index (χ0v) is 11.7. The monoisotopic (exact) mass is 279 g/mol. The Kier molecular flexibility index (Phi) is 4.45. The number of carbonyl (C=O) groups is 1. The average molecular weight is 280 g/mol. The Morgan fingerprint density at radius 3 is 2.63 bits per heavy atom. The molecule has 0 atom stereocenters. The number of nitrogens with two attached hydrogens (primary N) is 1. The molecule has 2 N–H and O–H groups in total. The minimum Gasteiger partial charge on any atom is -0.398 e. The second kappa shape index (κ2) is 6.08. The summed E-state index contributed by atoms with van der Waals surface area (Å²) in [5.74, 6) is 0.0432. The molecule has 0 spiro atoms. The lowest BCUT2D eigenvalue weighted by molar-refractivity contribution is -0.127. The van der Waals surface area contributed by atoms with Crippen LogP contribution in [0.5, 0.6) is 0 Å². The fraction of sp³-hybridized carbons (Fsp3) is 0.357. The van der Waals surface area contributed by atoms with E-state index in [2.05, 4.69) is 11.9 Å². The summed E-state index contributed by atoms with van der Waals surface area (Å²) in [5, 5.41) is 0.530. The molecule has 1 aromatic carbocycles. The maximum Gasteiger partial charge on any atom is 0.246 e. The number of rotatable bonds is 2. The Hall–Kier alpha value is -1.52. The largest absolute Gasteiger partial charge is 0.398 e. The van der Waals surface area contributed by atoms with Gasteiger partial charge in [-0.1, -0.05) is 17.7 Å². The smallest absolute Gasteiger partial charge is 0.246 e. The van der Waals surface area contributed by atoms with Crippen LogP contribution in [0.25, 0.3) is 6.08 Å². The number of benzene rings is 1. The summed E-state index contributed by atoms with van der Waals surface area (Å²) in [6, 6.07) is 5.33. The lowest BCUT2D eigenvalue weighted by Crippen LogP contribution is -2.46. The molecule has 2 rings (SSSR count). The summed E-state index contributed by atoms with van der Waals surface area (Å²) < 4.78 is 0. The molecule has 102 valence electrons. The zero-order chi connectivity index (χ0) is 13.8. The standard InChI is InChI=1S/C14H18ClN3O/c1-17-6-8-18(9-7-17)14(19)5-3-11-2-4-12(15)13(16)10-11/h2-5,10H,6-9,16H2,1H3/b5-3+. The third kappa shape index (κ3) is 3.72. The van der Waals surface area contributed by atoms with Crippen molar-refractivity contribution < 1.29 is 4.79 Å². The van der Waals surface area contributed by atoms with Gasteiger partial charge in [0.1, 0.15) is 0 Å². The Morgan fingerprint density at radius 1 is 1.32 bits per heavy atom. The molecule has 1 aliphatic rings. The summed E-state index contributed by atoms with van der Waals surface area (Å²) in [4.78, 5) is 16.1. The number of halogens is 1. The van der Waals surface area contributed by atoms with Crippen molar-refractivity contribution in [2.24, 2.45) is 0 Å². The summed E-state index contributed by atoms with van der Waals surface area (Å²) in [7, 11) is 2.06. The van der Waals surface area contributed by atoms with Crippen LogP contribution in [0.2, 0.25) is 5.02 Å². The quantitative estimate of drug-likeness (QED) is 0.662. The fourth-order valence-corrected chi connectivity index (χ4v) is 2.08. The first-order chi connectivity index (χ1) is 9.06. The van der Waals surface area contributed by atoms with E-state index in [1.165, 1.54) is 0 Å². The summed E-state index contributed by atoms with van der Waals surface area (Å²) in [5.41, 5.74) is 7.12. The minimum atomic E-state index is 0.0432. The summed E-state index contributed by atoms with van der Waals surface area (Å²) >= 11 is 5.85. The summed E-state index contributed by atoms with van der Waals surface area (Å²) in [6.45, 7) is 3.41. The highest BCUT2D eigenvalue weighted by Gasteiger charge is 2.16. The van der Waals surface area contributed by atoms with E-state index in [0.29, 0.717) is 10.7 Å². The van der Waals surface area contributed by atoms with Gasteiger partial charge in [-0.05, 0) is 30.8 Å². The van der Waals surface area contributed by atoms with Crippen molar-refractivity contribution in [2.45, 2.75) is 0 Å². The number of hydrogen-bond acceptors (Lipinski definition) is 3. The second-order valence-electron chi connectivity index (χ2n) is 4.74. The van der Waals surface area contributed by atoms with E-state index in [1.54, 1.807) is 24.3 Å². The van der Waals surface area contributed by atoms with E-state index in [0.717, 1.165) is 31.7 Å². The van der Waals surface area contributed by atoms with Crippen LogP contribution >= 0.6 is 11.6 Å². The number of anilines is 1. The predicted molar refractivity (Wildman–Crippen MR) is 79.0 cm³/mol. The van der Waals surface area contributed by atoms with Crippen LogP contribution in [0, 0.1) is 0 Å². The Labute approximate surface area is 118 Å². The molecule has 1 saturated heterocycles. The molecular formula is C14H18ClN3O. The van der Waals surface area contributed by atoms with Gasteiger partial charge >= 0.3 is 0 Å². The summed E-state index contributed by atoms with van der Waals surface area (Å²) in [6.07, 6.45) is 3.36. The first-order valence-corrected chi connectivity index (χ1v) is 6.64. The predicted octanol–water partition coefficient (Wildman–Crippen LogP) is 1.71. The Morgan fingerprint density at radius 2 is 2.00 bits per heavy atom. The van der Waals surface area contributed by atoms with Gasteiger partial charge in [0, 0.05) is 32.3 Å². The van der Waals surface area contributed by atoms with E-state index >= 15 is 0 Å². The average Bonchev–Trinajstić information content (AvgIpc) is 2.40. The molecule has 0 saturated carbocycles. The van der Waals surface area contributed by atoms with Crippen LogP contribution < -0.4 is 5.73 Å². The molecule has 1 aliphatic heterocycles. The van der Waals surface area contributed by atoms with Crippen molar-refractivity contribution in [1.82, 2.24) is 9.80 Å². The third-order valence-corrected chi connectivity index (χ3v) is 3.60. The molecule has 1 amide bonds. The number of hydrogen-bond donors (Lipinski definition) is 1. The number of carbonyl (C=O) groups excluding carboxylic acids is 1. The Balaban J connectivity index is 1.98. The van der Waals surface area contributed by atoms with Crippen molar-refractivity contribution in [3.8, 4) is 0 Å². The SMILES string of the molecule is CN1CCN(C(=O)/C=C/c2ccc(Cl)c(N)c2)CC1. The molecule has 0 radical (unpaired) electrons. The van der Waals surface area contributed by atoms with Crippen LogP contribution in [0.1, 0.15) is 5.56 Å². The van der Waals surface area contributed by atoms with Gasteiger partial charge in [0.25, 0.3) is 0 Å². The molecule has 1 aromatic rings. The maximum absolute atomic E-state index is 12.0. The normalized spacial score (nSPS) is 17.1. The second-order valence-corrected chi connectivity index (χ2v) is 5.15. The van der Waals surface area contributed by atoms with Crippen molar-refractivity contribution in [2.75, 3.05) is 39.0 Å². The van der Waals surface area contributed by atoms with Crippen molar-refractivity contribution in [3.63, 3.8) is 0 Å². The Bertz CT molecular complexity index is 493. The highest BCUT2D eigenvalue weighted by Crippen LogP contribution is 2.20. The number of nitrogen functional groups attached to an aromatic ring is 1. The van der Waals surface area contributed by atoms with Crippen molar-refractivity contribution in [3.05, 3.63) is 34.9 Å². The van der Waals surface area contributed by atoms with Crippen molar-refractivity contribution >= 4 is 29.3 Å². The molecule has 0 bridgehead atoms. The van der Waals surface area contributed by atoms with Crippen LogP contribution in [-0.2, 0) is 4.79 Å². The van der Waals surface area contributed by atoms with Gasteiger partial charge in [-0.15, -0.1) is 0 Å². The number of likely N-dealkylation sites (N-methyl/N-ethyl adjacent to an activating group) is 1. The highest BCUT2D eigenvalue weighted by molar-refractivity contribution is 6.33. The zero-order valence-electron chi connectivity index (χ0n) is 11.0. The van der Waals surface area contributed by atoms with E-state index in [9.17, 15) is 4.79 Å². The minimum absolute atomic E-state index is 0.0432. The highest BCUT2D eigenvalue weighted by atomic mass is 35.5. The first kappa shape index (κ1) is 13.9. The lowest BCUT2D eigenvalue weighted by atomic mass is 10.2. The molecule has 1 fully saturated rings. The van der Waals surface area contributed by atoms with Gasteiger partial charge < -0.3 is 15.5 Å². The third-order valence-electron chi connectivity index (χ3n) is 3.25. The maximum atomic E-state index is 12.0. The van der Waals surface area contributed by atoms with Gasteiger partial charge in [0.15, 0.2) is 0 Å². The number of nitrogens with zero attached hydrogens (tertiary/aromatic N) is 2. The molecule has 5 heteroatoms. The van der Waals surface area contributed by atoms with Crippen LogP contribution in [0.3, 0.4) is 0 Å². The van der Waals surface area contributed by atoms with Gasteiger partial charge in [-0.2, -0.15) is 0 Å². The van der Waals surface area contributed by atoms with Crippen LogP contribution in [0.15, 0.2) is 24.3 Å². The fourth-order valence-electron chi connectivity index (χ4n) is 1.97. The lowest BCUT2D eigenvalue weighted by Gasteiger charge is -2.31. The molecule has 4 nitrogen and oxygen atoms in total. The molecular weight excluding hydrogens is 262 g/mol. The number of amides is 1. The molecule has 0 aliphatic carbocycles. The van der Waals surface area contributed by atoms with E-state index in [-0.39, 0.29) is 5.91 Å². The topological polar surface area (TPSA) is 49.6 Å². The van der Waals surface area contributed by atoms with Gasteiger partial charge in [0.2, 0.25) is 5.91 Å². The van der Waals surface area contributed by atoms with Gasteiger partial charge in [0.05, 0.1) is 10.7 Å². The van der Waals surface area contributed by atoms with Crippen LogP contribution in [0.4, 0.5) is 5.69 Å². The van der Waals surface area contributed by atoms with Crippen molar-refractivity contribution in [1.29, 1.82) is 0 Å². The first-order valence-electron chi connectivity index (χ1n) is 6.27. The van der Waals surface area contributed by atoms with E-state index < -0.39 is 0 Å². The molecule has 0 unspecified atom stereocenters. The van der Waals surface area contributed by atoms with Crippen LogP contribution in [-0.4, -0.2) is 48.9 Å².